The molecule has 1 fully saturated rings. The number of piperazine rings is 1. The highest BCUT2D eigenvalue weighted by Gasteiger charge is 2.28. The molecule has 196 valence electrons. The first kappa shape index (κ1) is 26.8. The number of aromatic nitrogens is 2. The van der Waals surface area contributed by atoms with E-state index in [1.807, 2.05) is 56.0 Å². The van der Waals surface area contributed by atoms with Crippen molar-refractivity contribution in [2.24, 2.45) is 0 Å². The van der Waals surface area contributed by atoms with Crippen LogP contribution in [-0.4, -0.2) is 59.7 Å². The lowest BCUT2D eigenvalue weighted by Gasteiger charge is -2.38. The zero-order valence-electron chi connectivity index (χ0n) is 21.7. The molecule has 0 radical (unpaired) electrons. The maximum Gasteiger partial charge on any atom is 0.317 e. The number of rotatable bonds is 6. The van der Waals surface area contributed by atoms with Crippen LogP contribution in [0.5, 0.6) is 0 Å². The molecule has 1 aliphatic rings. The summed E-state index contributed by atoms with van der Waals surface area (Å²) in [6, 6.07) is 14.3. The molecule has 1 aromatic heterocycles. The predicted molar refractivity (Wildman–Crippen MR) is 144 cm³/mol. The Labute approximate surface area is 222 Å². The Morgan fingerprint density at radius 2 is 1.73 bits per heavy atom. The topological polar surface area (TPSA) is 70.6 Å². The summed E-state index contributed by atoms with van der Waals surface area (Å²) >= 11 is 6.40. The summed E-state index contributed by atoms with van der Waals surface area (Å²) in [5, 5.41) is 3.38. The van der Waals surface area contributed by atoms with Crippen molar-refractivity contribution in [2.45, 2.75) is 39.3 Å². The number of ether oxygens (including phenoxy) is 1. The minimum atomic E-state index is -0.377. The van der Waals surface area contributed by atoms with Crippen LogP contribution in [0.4, 0.5) is 15.0 Å². The van der Waals surface area contributed by atoms with E-state index in [1.54, 1.807) is 19.2 Å². The van der Waals surface area contributed by atoms with E-state index in [1.165, 1.54) is 6.07 Å². The molecule has 2 amide bonds. The molecule has 1 N–H and O–H groups in total. The first-order valence-corrected chi connectivity index (χ1v) is 12.7. The van der Waals surface area contributed by atoms with Crippen molar-refractivity contribution in [3.05, 3.63) is 76.2 Å². The van der Waals surface area contributed by atoms with Crippen molar-refractivity contribution in [3.63, 3.8) is 0 Å². The quantitative estimate of drug-likeness (QED) is 0.472. The molecule has 0 saturated carbocycles. The van der Waals surface area contributed by atoms with Crippen molar-refractivity contribution in [1.29, 1.82) is 0 Å². The third kappa shape index (κ3) is 6.56. The third-order valence-corrected chi connectivity index (χ3v) is 6.50. The Hall–Kier alpha value is -3.23. The molecular weight excluding hydrogens is 493 g/mol. The fraction of sp³-hybridized carbons (Fsp3) is 0.393. The minimum absolute atomic E-state index is 0.0850. The minimum Gasteiger partial charge on any atom is -0.378 e. The maximum absolute atomic E-state index is 14.8. The average Bonchev–Trinajstić information content (AvgIpc) is 2.86. The molecule has 0 aliphatic carbocycles. The van der Waals surface area contributed by atoms with Crippen LogP contribution < -0.4 is 10.2 Å². The molecule has 9 heteroatoms. The van der Waals surface area contributed by atoms with Gasteiger partial charge in [-0.2, -0.15) is 0 Å². The van der Waals surface area contributed by atoms with Gasteiger partial charge >= 0.3 is 6.03 Å². The molecule has 0 unspecified atom stereocenters. The fourth-order valence-electron chi connectivity index (χ4n) is 4.33. The number of nitrogens with zero attached hydrogens (tertiary/aromatic N) is 4. The van der Waals surface area contributed by atoms with E-state index in [9.17, 15) is 9.18 Å². The highest BCUT2D eigenvalue weighted by atomic mass is 35.5. The van der Waals surface area contributed by atoms with Gasteiger partial charge in [0.1, 0.15) is 11.6 Å². The monoisotopic (exact) mass is 525 g/mol. The number of amides is 2. The normalized spacial score (nSPS) is 14.1. The Kier molecular flexibility index (Phi) is 8.29. The Balaban J connectivity index is 1.73. The summed E-state index contributed by atoms with van der Waals surface area (Å²) < 4.78 is 20.3. The number of hydrogen-bond donors (Lipinski definition) is 1. The fourth-order valence-corrected chi connectivity index (χ4v) is 4.56. The van der Waals surface area contributed by atoms with E-state index in [0.29, 0.717) is 54.1 Å². The SMILES string of the molecule is COCc1nc(-c2ccccc2)nc(N2CCN(C(=O)NC(C)(C)C)CC2)c1Cc1c(F)cccc1Cl. The molecule has 1 saturated heterocycles. The highest BCUT2D eigenvalue weighted by Crippen LogP contribution is 2.31. The molecule has 0 atom stereocenters. The molecule has 0 bridgehead atoms. The van der Waals surface area contributed by atoms with Crippen LogP contribution in [0.1, 0.15) is 37.6 Å². The van der Waals surface area contributed by atoms with E-state index in [0.717, 1.165) is 11.1 Å². The predicted octanol–water partition coefficient (Wildman–Crippen LogP) is 5.30. The molecular formula is C28H33ClFN5O2. The Morgan fingerprint density at radius 3 is 2.35 bits per heavy atom. The number of anilines is 1. The maximum atomic E-state index is 14.8. The first-order chi connectivity index (χ1) is 17.7. The van der Waals surface area contributed by atoms with Crippen molar-refractivity contribution in [2.75, 3.05) is 38.2 Å². The molecule has 2 aromatic carbocycles. The van der Waals surface area contributed by atoms with Gasteiger partial charge in [-0.05, 0) is 32.9 Å². The number of nitrogens with one attached hydrogen (secondary N) is 1. The summed E-state index contributed by atoms with van der Waals surface area (Å²) in [5.74, 6) is 0.896. The molecule has 7 nitrogen and oxygen atoms in total. The summed E-state index contributed by atoms with van der Waals surface area (Å²) in [6.45, 7) is 8.35. The Morgan fingerprint density at radius 1 is 1.03 bits per heavy atom. The summed E-state index contributed by atoms with van der Waals surface area (Å²) in [7, 11) is 1.61. The zero-order chi connectivity index (χ0) is 26.6. The van der Waals surface area contributed by atoms with E-state index < -0.39 is 0 Å². The van der Waals surface area contributed by atoms with E-state index >= 15 is 0 Å². The number of halogens is 2. The molecule has 4 rings (SSSR count). The summed E-state index contributed by atoms with van der Waals surface area (Å²) in [6.07, 6.45) is 0.222. The summed E-state index contributed by atoms with van der Waals surface area (Å²) in [5.41, 5.74) is 2.40. The van der Waals surface area contributed by atoms with Crippen molar-refractivity contribution in [3.8, 4) is 11.4 Å². The lowest BCUT2D eigenvalue weighted by molar-refractivity contribution is 0.180. The average molecular weight is 526 g/mol. The van der Waals surface area contributed by atoms with Crippen LogP contribution in [0.25, 0.3) is 11.4 Å². The lowest BCUT2D eigenvalue weighted by atomic mass is 10.0. The van der Waals surface area contributed by atoms with Gasteiger partial charge in [0.15, 0.2) is 5.82 Å². The number of urea groups is 1. The molecule has 0 spiro atoms. The van der Waals surface area contributed by atoms with Gasteiger partial charge < -0.3 is 19.9 Å². The second-order valence-corrected chi connectivity index (χ2v) is 10.5. The number of hydrogen-bond acceptors (Lipinski definition) is 5. The van der Waals surface area contributed by atoms with Crippen LogP contribution in [-0.2, 0) is 17.8 Å². The van der Waals surface area contributed by atoms with Crippen LogP contribution >= 0.6 is 11.6 Å². The van der Waals surface area contributed by atoms with Gasteiger partial charge in [-0.1, -0.05) is 48.0 Å². The molecule has 37 heavy (non-hydrogen) atoms. The van der Waals surface area contributed by atoms with Gasteiger partial charge in [-0.25, -0.2) is 19.2 Å². The van der Waals surface area contributed by atoms with E-state index in [-0.39, 0.29) is 30.4 Å². The summed E-state index contributed by atoms with van der Waals surface area (Å²) in [4.78, 5) is 26.5. The standard InChI is InChI=1S/C28H33ClFN5O2/c1-28(2,3)33-27(36)35-15-13-34(14-16-35)26-21(17-20-22(29)11-8-12-23(20)30)24(18-37-4)31-25(32-26)19-9-6-5-7-10-19/h5-12H,13-18H2,1-4H3,(H,33,36). The molecule has 2 heterocycles. The van der Waals surface area contributed by atoms with E-state index in [4.69, 9.17) is 26.3 Å². The molecule has 1 aliphatic heterocycles. The van der Waals surface area contributed by atoms with Crippen LogP contribution in [0, 0.1) is 5.82 Å². The molecule has 3 aromatic rings. The second kappa shape index (κ2) is 11.4. The zero-order valence-corrected chi connectivity index (χ0v) is 22.5. The van der Waals surface area contributed by atoms with Gasteiger partial charge in [-0.3, -0.25) is 0 Å². The van der Waals surface area contributed by atoms with E-state index in [2.05, 4.69) is 10.2 Å². The third-order valence-electron chi connectivity index (χ3n) is 6.15. The van der Waals surface area contributed by atoms with Crippen LogP contribution in [0.15, 0.2) is 48.5 Å². The van der Waals surface area contributed by atoms with Crippen LogP contribution in [0.3, 0.4) is 0 Å². The highest BCUT2D eigenvalue weighted by molar-refractivity contribution is 6.31. The number of benzene rings is 2. The van der Waals surface area contributed by atoms with Crippen LogP contribution in [0.2, 0.25) is 5.02 Å². The second-order valence-electron chi connectivity index (χ2n) is 10.1. The number of carbonyl (C=O) groups excluding carboxylic acids is 1. The van der Waals surface area contributed by atoms with Gasteiger partial charge in [0, 0.05) is 67.0 Å². The van der Waals surface area contributed by atoms with Crippen molar-refractivity contribution < 1.29 is 13.9 Å². The lowest BCUT2D eigenvalue weighted by Crippen LogP contribution is -2.55. The van der Waals surface area contributed by atoms with Gasteiger partial charge in [0.05, 0.1) is 12.3 Å². The first-order valence-electron chi connectivity index (χ1n) is 12.4. The Bertz CT molecular complexity index is 1220. The van der Waals surface area contributed by atoms with Crippen molar-refractivity contribution >= 4 is 23.4 Å². The van der Waals surface area contributed by atoms with Gasteiger partial charge in [0.2, 0.25) is 0 Å². The largest absolute Gasteiger partial charge is 0.378 e. The smallest absolute Gasteiger partial charge is 0.317 e. The number of carbonyl (C=O) groups is 1. The van der Waals surface area contributed by atoms with Crippen molar-refractivity contribution in [1.82, 2.24) is 20.2 Å². The number of methoxy groups -OCH3 is 1. The van der Waals surface area contributed by atoms with Gasteiger partial charge in [0.25, 0.3) is 0 Å². The van der Waals surface area contributed by atoms with Gasteiger partial charge in [-0.15, -0.1) is 0 Å².